The molecule has 1 saturated carbocycles. The molecule has 1 amide bonds. The summed E-state index contributed by atoms with van der Waals surface area (Å²) in [6.07, 6.45) is 9.81. The van der Waals surface area contributed by atoms with Crippen LogP contribution in [0.1, 0.15) is 44.1 Å². The molecule has 1 saturated heterocycles. The van der Waals surface area contributed by atoms with Crippen molar-refractivity contribution in [3.63, 3.8) is 0 Å². The number of amides is 1. The highest BCUT2D eigenvalue weighted by Crippen LogP contribution is 2.38. The molecule has 1 heterocycles. The fourth-order valence-corrected chi connectivity index (χ4v) is 4.56. The number of ether oxygens (including phenoxy) is 4. The molecule has 2 aliphatic rings. The van der Waals surface area contributed by atoms with Gasteiger partial charge in [-0.2, -0.15) is 0 Å². The largest absolute Gasteiger partial charge is 0.493 e. The van der Waals surface area contributed by atoms with E-state index in [4.69, 9.17) is 18.9 Å². The fraction of sp³-hybridized carbons (Fsp3) is 0.565. The number of rotatable bonds is 7. The van der Waals surface area contributed by atoms with Crippen LogP contribution in [-0.4, -0.2) is 57.3 Å². The van der Waals surface area contributed by atoms with Crippen LogP contribution < -0.4 is 14.2 Å². The first-order chi connectivity index (χ1) is 14.6. The topological polar surface area (TPSA) is 74.3 Å². The lowest BCUT2D eigenvalue weighted by Gasteiger charge is -2.44. The van der Waals surface area contributed by atoms with E-state index < -0.39 is 5.97 Å². The third-order valence-corrected chi connectivity index (χ3v) is 6.00. The third-order valence-electron chi connectivity index (χ3n) is 6.00. The first-order valence-corrected chi connectivity index (χ1v) is 10.5. The molecule has 1 aromatic rings. The summed E-state index contributed by atoms with van der Waals surface area (Å²) in [5.41, 5.74) is 0.689. The number of hydrogen-bond acceptors (Lipinski definition) is 6. The number of carbonyl (C=O) groups excluding carboxylic acids is 2. The average Bonchev–Trinajstić information content (AvgIpc) is 2.79. The van der Waals surface area contributed by atoms with Gasteiger partial charge in [0.1, 0.15) is 0 Å². The van der Waals surface area contributed by atoms with Gasteiger partial charge in [-0.3, -0.25) is 4.79 Å². The Kier molecular flexibility index (Phi) is 7.60. The number of carbonyl (C=O) groups is 2. The van der Waals surface area contributed by atoms with E-state index >= 15 is 0 Å². The zero-order chi connectivity index (χ0) is 21.5. The Labute approximate surface area is 177 Å². The summed E-state index contributed by atoms with van der Waals surface area (Å²) in [5.74, 6) is 1.41. The molecule has 3 rings (SSSR count). The van der Waals surface area contributed by atoms with Crippen LogP contribution in [0.5, 0.6) is 17.2 Å². The normalized spacial score (nSPS) is 21.1. The Morgan fingerprint density at radius 1 is 1.00 bits per heavy atom. The van der Waals surface area contributed by atoms with Crippen molar-refractivity contribution in [3.05, 3.63) is 23.8 Å². The van der Waals surface area contributed by atoms with E-state index in [0.29, 0.717) is 34.8 Å². The van der Waals surface area contributed by atoms with Crippen molar-refractivity contribution >= 4 is 18.0 Å². The smallest absolute Gasteiger partial charge is 0.331 e. The predicted molar refractivity (Wildman–Crippen MR) is 113 cm³/mol. The molecule has 0 unspecified atom stereocenters. The zero-order valence-corrected chi connectivity index (χ0v) is 18.0. The summed E-state index contributed by atoms with van der Waals surface area (Å²) in [6, 6.07) is 3.77. The molecule has 2 fully saturated rings. The second kappa shape index (κ2) is 10.4. The minimum Gasteiger partial charge on any atom is -0.493 e. The third kappa shape index (κ3) is 5.07. The van der Waals surface area contributed by atoms with Crippen LogP contribution in [0.3, 0.4) is 0 Å². The van der Waals surface area contributed by atoms with Crippen LogP contribution in [0, 0.1) is 5.92 Å². The number of methoxy groups -OCH3 is 3. The van der Waals surface area contributed by atoms with Gasteiger partial charge in [0.25, 0.3) is 5.91 Å². The van der Waals surface area contributed by atoms with Crippen LogP contribution in [0.4, 0.5) is 0 Å². The minimum atomic E-state index is -0.561. The maximum Gasteiger partial charge on any atom is 0.331 e. The molecule has 30 heavy (non-hydrogen) atoms. The minimum absolute atomic E-state index is 0.0962. The van der Waals surface area contributed by atoms with Crippen LogP contribution in [0.25, 0.3) is 6.08 Å². The van der Waals surface area contributed by atoms with Gasteiger partial charge in [-0.1, -0.05) is 12.8 Å². The first-order valence-electron chi connectivity index (χ1n) is 10.5. The maximum absolute atomic E-state index is 12.6. The molecule has 7 nitrogen and oxygen atoms in total. The number of benzene rings is 1. The molecule has 1 aromatic carbocycles. The van der Waals surface area contributed by atoms with Gasteiger partial charge < -0.3 is 23.8 Å². The number of likely N-dealkylation sites (tertiary alicyclic amines) is 1. The van der Waals surface area contributed by atoms with Gasteiger partial charge in [0.05, 0.1) is 21.3 Å². The summed E-state index contributed by atoms with van der Waals surface area (Å²) in [4.78, 5) is 26.7. The molecule has 164 valence electrons. The van der Waals surface area contributed by atoms with E-state index in [2.05, 4.69) is 0 Å². The second-order valence-corrected chi connectivity index (χ2v) is 7.74. The monoisotopic (exact) mass is 417 g/mol. The molecule has 0 N–H and O–H groups in total. The number of hydrogen-bond donors (Lipinski definition) is 0. The number of esters is 1. The van der Waals surface area contributed by atoms with E-state index in [0.717, 1.165) is 19.4 Å². The van der Waals surface area contributed by atoms with E-state index in [9.17, 15) is 9.59 Å². The lowest BCUT2D eigenvalue weighted by molar-refractivity contribution is -0.151. The van der Waals surface area contributed by atoms with E-state index in [1.807, 2.05) is 4.90 Å². The number of nitrogens with zero attached hydrogens (tertiary/aromatic N) is 1. The molecule has 1 aliphatic heterocycles. The molecule has 0 radical (unpaired) electrons. The van der Waals surface area contributed by atoms with Crippen molar-refractivity contribution in [2.24, 2.45) is 5.92 Å². The Morgan fingerprint density at radius 3 is 2.33 bits per heavy atom. The first kappa shape index (κ1) is 22.0. The molecule has 2 atom stereocenters. The highest BCUT2D eigenvalue weighted by atomic mass is 16.5. The highest BCUT2D eigenvalue weighted by Gasteiger charge is 2.35. The van der Waals surface area contributed by atoms with Gasteiger partial charge >= 0.3 is 5.97 Å². The van der Waals surface area contributed by atoms with E-state index in [-0.39, 0.29) is 12.5 Å². The van der Waals surface area contributed by atoms with Crippen molar-refractivity contribution in [2.45, 2.75) is 44.6 Å². The maximum atomic E-state index is 12.6. The van der Waals surface area contributed by atoms with Gasteiger partial charge in [-0.25, -0.2) is 4.79 Å². The highest BCUT2D eigenvalue weighted by molar-refractivity contribution is 5.89. The van der Waals surface area contributed by atoms with Gasteiger partial charge in [-0.05, 0) is 55.4 Å². The Hall–Kier alpha value is -2.70. The Morgan fingerprint density at radius 2 is 1.67 bits per heavy atom. The zero-order valence-electron chi connectivity index (χ0n) is 18.0. The van der Waals surface area contributed by atoms with Crippen LogP contribution in [0.2, 0.25) is 0 Å². The lowest BCUT2D eigenvalue weighted by Crippen LogP contribution is -2.50. The summed E-state index contributed by atoms with van der Waals surface area (Å²) in [5, 5.41) is 0. The number of piperidine rings is 1. The quantitative estimate of drug-likeness (QED) is 0.500. The summed E-state index contributed by atoms with van der Waals surface area (Å²) in [7, 11) is 4.59. The molecule has 7 heteroatoms. The predicted octanol–water partition coefficient (Wildman–Crippen LogP) is 3.45. The lowest BCUT2D eigenvalue weighted by atomic mass is 9.78. The van der Waals surface area contributed by atoms with Crippen LogP contribution in [0.15, 0.2) is 18.2 Å². The van der Waals surface area contributed by atoms with Crippen molar-refractivity contribution in [2.75, 3.05) is 34.5 Å². The SMILES string of the molecule is COc1cc(/C=C/C(=O)OCC(=O)N2CCC[C@H]3CCCC[C@H]32)cc(OC)c1OC. The second-order valence-electron chi connectivity index (χ2n) is 7.74. The van der Waals surface area contributed by atoms with E-state index in [1.165, 1.54) is 53.1 Å². The van der Waals surface area contributed by atoms with Crippen LogP contribution in [-0.2, 0) is 14.3 Å². The summed E-state index contributed by atoms with van der Waals surface area (Å²) < 4.78 is 21.1. The van der Waals surface area contributed by atoms with Crippen molar-refractivity contribution < 1.29 is 28.5 Å². The van der Waals surface area contributed by atoms with Gasteiger partial charge in [0.2, 0.25) is 5.75 Å². The van der Waals surface area contributed by atoms with Gasteiger partial charge in [-0.15, -0.1) is 0 Å². The number of fused-ring (bicyclic) bond motifs is 1. The van der Waals surface area contributed by atoms with Gasteiger partial charge in [0.15, 0.2) is 18.1 Å². The van der Waals surface area contributed by atoms with Crippen molar-refractivity contribution in [1.82, 2.24) is 4.90 Å². The standard InChI is InChI=1S/C23H31NO6/c1-27-19-13-16(14-20(28-2)23(19)29-3)10-11-22(26)30-15-21(25)24-12-6-8-17-7-4-5-9-18(17)24/h10-11,13-14,17-18H,4-9,12,15H2,1-3H3/b11-10+/t17-,18-/m1/s1. The van der Waals surface area contributed by atoms with Crippen LogP contribution >= 0.6 is 0 Å². The fourth-order valence-electron chi connectivity index (χ4n) is 4.56. The molecule has 0 spiro atoms. The molecule has 0 bridgehead atoms. The van der Waals surface area contributed by atoms with Crippen molar-refractivity contribution in [3.8, 4) is 17.2 Å². The average molecular weight is 418 g/mol. The molecular weight excluding hydrogens is 386 g/mol. The molecular formula is C23H31NO6. The molecule has 1 aliphatic carbocycles. The molecule has 0 aromatic heterocycles. The van der Waals surface area contributed by atoms with E-state index in [1.54, 1.807) is 18.2 Å². The van der Waals surface area contributed by atoms with Gasteiger partial charge in [0, 0.05) is 18.7 Å². The summed E-state index contributed by atoms with van der Waals surface area (Å²) >= 11 is 0. The summed E-state index contributed by atoms with van der Waals surface area (Å²) in [6.45, 7) is 0.542. The van der Waals surface area contributed by atoms with Crippen molar-refractivity contribution in [1.29, 1.82) is 0 Å². The Balaban J connectivity index is 1.58. The Bertz CT molecular complexity index is 763.